The number of rotatable bonds is 5. The van der Waals surface area contributed by atoms with Crippen LogP contribution in [-0.4, -0.2) is 0 Å². The summed E-state index contributed by atoms with van der Waals surface area (Å²) in [6, 6.07) is 4.29. The van der Waals surface area contributed by atoms with E-state index >= 15 is 0 Å². The first-order valence-electron chi connectivity index (χ1n) is 7.10. The average molecular weight is 350 g/mol. The minimum atomic E-state index is 0.230. The number of alkyl halides is 1. The fourth-order valence-corrected chi connectivity index (χ4v) is 4.92. The second kappa shape index (κ2) is 7.31. The zero-order chi connectivity index (χ0) is 13.0. The van der Waals surface area contributed by atoms with Crippen molar-refractivity contribution in [2.24, 2.45) is 11.8 Å². The second-order valence-corrected chi connectivity index (χ2v) is 8.43. The highest BCUT2D eigenvalue weighted by atomic mass is 79.9. The minimum Gasteiger partial charge on any atom is -0.132 e. The number of thiophene rings is 1. The molecule has 0 radical (unpaired) electrons. The Morgan fingerprint density at radius 1 is 1.33 bits per heavy atom. The van der Waals surface area contributed by atoms with E-state index in [-0.39, 0.29) is 5.38 Å². The summed E-state index contributed by atoms with van der Waals surface area (Å²) in [4.78, 5) is 1.33. The predicted molar refractivity (Wildman–Crippen MR) is 85.6 cm³/mol. The van der Waals surface area contributed by atoms with Crippen LogP contribution in [-0.2, 0) is 0 Å². The number of halogens is 2. The first-order chi connectivity index (χ1) is 8.70. The van der Waals surface area contributed by atoms with Crippen LogP contribution in [0, 0.1) is 11.8 Å². The Kier molecular flexibility index (Phi) is 6.03. The lowest BCUT2D eigenvalue weighted by Gasteiger charge is -2.30. The molecule has 1 heterocycles. The van der Waals surface area contributed by atoms with E-state index < -0.39 is 0 Å². The van der Waals surface area contributed by atoms with Crippen LogP contribution < -0.4 is 0 Å². The SMILES string of the molecule is CCCCC1CCC(C(Cl)c2ccc(Br)s2)CC1. The Labute approximate surface area is 128 Å². The van der Waals surface area contributed by atoms with Crippen molar-refractivity contribution in [3.05, 3.63) is 20.8 Å². The molecule has 1 unspecified atom stereocenters. The summed E-state index contributed by atoms with van der Waals surface area (Å²) >= 11 is 12.0. The van der Waals surface area contributed by atoms with Crippen LogP contribution in [0.1, 0.15) is 62.1 Å². The van der Waals surface area contributed by atoms with Gasteiger partial charge >= 0.3 is 0 Å². The fourth-order valence-electron chi connectivity index (χ4n) is 2.97. The molecule has 1 aliphatic rings. The van der Waals surface area contributed by atoms with Crippen molar-refractivity contribution < 1.29 is 0 Å². The van der Waals surface area contributed by atoms with E-state index in [0.717, 1.165) is 5.92 Å². The monoisotopic (exact) mass is 348 g/mol. The predicted octanol–water partition coefficient (Wildman–Crippen LogP) is 6.79. The molecule has 2 rings (SSSR count). The van der Waals surface area contributed by atoms with Gasteiger partial charge in [0, 0.05) is 4.88 Å². The maximum Gasteiger partial charge on any atom is 0.0707 e. The molecule has 0 aromatic carbocycles. The molecule has 3 heteroatoms. The summed E-state index contributed by atoms with van der Waals surface area (Å²) in [5.41, 5.74) is 0. The molecular formula is C15H22BrClS. The highest BCUT2D eigenvalue weighted by Crippen LogP contribution is 2.44. The Balaban J connectivity index is 1.82. The number of unbranched alkanes of at least 4 members (excludes halogenated alkanes) is 1. The number of hydrogen-bond donors (Lipinski definition) is 0. The molecule has 1 saturated carbocycles. The molecule has 0 aliphatic heterocycles. The molecule has 1 atom stereocenters. The maximum atomic E-state index is 6.64. The van der Waals surface area contributed by atoms with E-state index in [0.29, 0.717) is 5.92 Å². The highest BCUT2D eigenvalue weighted by molar-refractivity contribution is 9.11. The molecule has 0 spiro atoms. The quantitative estimate of drug-likeness (QED) is 0.513. The van der Waals surface area contributed by atoms with Crippen LogP contribution in [0.2, 0.25) is 0 Å². The van der Waals surface area contributed by atoms with E-state index in [1.54, 1.807) is 11.3 Å². The van der Waals surface area contributed by atoms with Gasteiger partial charge in [-0.05, 0) is 52.7 Å². The third kappa shape index (κ3) is 3.98. The molecule has 0 nitrogen and oxygen atoms in total. The van der Waals surface area contributed by atoms with Crippen molar-refractivity contribution in [3.63, 3.8) is 0 Å². The fraction of sp³-hybridized carbons (Fsp3) is 0.733. The van der Waals surface area contributed by atoms with Gasteiger partial charge in [-0.1, -0.05) is 39.0 Å². The van der Waals surface area contributed by atoms with Crippen molar-refractivity contribution in [2.75, 3.05) is 0 Å². The molecule has 0 N–H and O–H groups in total. The lowest BCUT2D eigenvalue weighted by molar-refractivity contribution is 0.255. The van der Waals surface area contributed by atoms with Crippen LogP contribution in [0.5, 0.6) is 0 Å². The molecule has 18 heavy (non-hydrogen) atoms. The largest absolute Gasteiger partial charge is 0.132 e. The summed E-state index contributed by atoms with van der Waals surface area (Å²) in [7, 11) is 0. The lowest BCUT2D eigenvalue weighted by atomic mass is 9.78. The zero-order valence-corrected chi connectivity index (χ0v) is 14.2. The Hall–Kier alpha value is 0.470. The summed E-state index contributed by atoms with van der Waals surface area (Å²) in [6.07, 6.45) is 9.58. The Morgan fingerprint density at radius 3 is 2.61 bits per heavy atom. The summed E-state index contributed by atoms with van der Waals surface area (Å²) in [6.45, 7) is 2.29. The highest BCUT2D eigenvalue weighted by Gasteiger charge is 2.27. The smallest absolute Gasteiger partial charge is 0.0707 e. The van der Waals surface area contributed by atoms with Gasteiger partial charge in [0.2, 0.25) is 0 Å². The Morgan fingerprint density at radius 2 is 2.06 bits per heavy atom. The van der Waals surface area contributed by atoms with E-state index in [9.17, 15) is 0 Å². The summed E-state index contributed by atoms with van der Waals surface area (Å²) < 4.78 is 1.19. The van der Waals surface area contributed by atoms with E-state index in [1.165, 1.54) is 53.6 Å². The van der Waals surface area contributed by atoms with Crippen molar-refractivity contribution >= 4 is 38.9 Å². The van der Waals surface area contributed by atoms with Crippen molar-refractivity contribution in [2.45, 2.75) is 57.2 Å². The third-order valence-corrected chi connectivity index (χ3v) is 6.56. The van der Waals surface area contributed by atoms with Crippen molar-refractivity contribution in [1.29, 1.82) is 0 Å². The summed E-state index contributed by atoms with van der Waals surface area (Å²) in [5.74, 6) is 1.66. The van der Waals surface area contributed by atoms with Crippen LogP contribution in [0.15, 0.2) is 15.9 Å². The molecule has 1 fully saturated rings. The first kappa shape index (κ1) is 14.9. The molecule has 0 bridgehead atoms. The van der Waals surface area contributed by atoms with E-state index in [4.69, 9.17) is 11.6 Å². The molecule has 102 valence electrons. The van der Waals surface area contributed by atoms with Gasteiger partial charge in [0.05, 0.1) is 9.16 Å². The minimum absolute atomic E-state index is 0.230. The van der Waals surface area contributed by atoms with Gasteiger partial charge in [-0.2, -0.15) is 0 Å². The molecule has 0 saturated heterocycles. The van der Waals surface area contributed by atoms with Gasteiger partial charge in [0.15, 0.2) is 0 Å². The normalized spacial score (nSPS) is 26.2. The van der Waals surface area contributed by atoms with E-state index in [2.05, 4.69) is 35.0 Å². The van der Waals surface area contributed by atoms with Crippen molar-refractivity contribution in [1.82, 2.24) is 0 Å². The third-order valence-electron chi connectivity index (χ3n) is 4.14. The van der Waals surface area contributed by atoms with Crippen molar-refractivity contribution in [3.8, 4) is 0 Å². The molecule has 1 aromatic rings. The molecule has 0 amide bonds. The standard InChI is InChI=1S/C15H22BrClS/c1-2-3-4-11-5-7-12(8-6-11)15(17)13-9-10-14(16)18-13/h9-12,15H,2-8H2,1H3. The summed E-state index contributed by atoms with van der Waals surface area (Å²) in [5, 5.41) is 0.230. The average Bonchev–Trinajstić information content (AvgIpc) is 2.83. The lowest BCUT2D eigenvalue weighted by Crippen LogP contribution is -2.17. The van der Waals surface area contributed by atoms with Gasteiger partial charge in [-0.25, -0.2) is 0 Å². The number of hydrogen-bond acceptors (Lipinski definition) is 1. The maximum absolute atomic E-state index is 6.64. The van der Waals surface area contributed by atoms with E-state index in [1.807, 2.05) is 0 Å². The van der Waals surface area contributed by atoms with Gasteiger partial charge in [-0.3, -0.25) is 0 Å². The molecule has 1 aliphatic carbocycles. The van der Waals surface area contributed by atoms with Gasteiger partial charge in [-0.15, -0.1) is 22.9 Å². The van der Waals surface area contributed by atoms with Gasteiger partial charge < -0.3 is 0 Å². The van der Waals surface area contributed by atoms with Crippen LogP contribution in [0.4, 0.5) is 0 Å². The van der Waals surface area contributed by atoms with Crippen LogP contribution in [0.3, 0.4) is 0 Å². The topological polar surface area (TPSA) is 0 Å². The Bertz CT molecular complexity index is 355. The van der Waals surface area contributed by atoms with Gasteiger partial charge in [0.1, 0.15) is 0 Å². The second-order valence-electron chi connectivity index (χ2n) is 5.47. The zero-order valence-electron chi connectivity index (χ0n) is 11.0. The van der Waals surface area contributed by atoms with Crippen LogP contribution >= 0.6 is 38.9 Å². The van der Waals surface area contributed by atoms with Gasteiger partial charge in [0.25, 0.3) is 0 Å². The molecular weight excluding hydrogens is 328 g/mol. The van der Waals surface area contributed by atoms with Crippen LogP contribution in [0.25, 0.3) is 0 Å². The molecule has 1 aromatic heterocycles. The first-order valence-corrected chi connectivity index (χ1v) is 9.14.